The minimum atomic E-state index is 0.0612. The molecule has 2 atom stereocenters. The summed E-state index contributed by atoms with van der Waals surface area (Å²) in [5.74, 6) is 0.638. The summed E-state index contributed by atoms with van der Waals surface area (Å²) in [7, 11) is 0. The predicted molar refractivity (Wildman–Crippen MR) is 95.8 cm³/mol. The normalized spacial score (nSPS) is 21.6. The Morgan fingerprint density at radius 1 is 1.12 bits per heavy atom. The van der Waals surface area contributed by atoms with Crippen molar-refractivity contribution in [3.05, 3.63) is 64.2 Å². The standard InChI is InChI=1S/C20H19N3O3/c24-19-7-3-5-17-14-8-13(11-23(17)19)10-22(12-14)20(25)9-16-15-4-1-2-6-18(15)26-21-16/h1-7,13-14H,8-12H2/t13-,14-/m0/s1. The minimum absolute atomic E-state index is 0.0612. The Morgan fingerprint density at radius 2 is 2.00 bits per heavy atom. The number of fused-ring (bicyclic) bond motifs is 5. The molecule has 6 nitrogen and oxygen atoms in total. The summed E-state index contributed by atoms with van der Waals surface area (Å²) in [5, 5.41) is 4.98. The van der Waals surface area contributed by atoms with Crippen molar-refractivity contribution in [2.24, 2.45) is 5.92 Å². The number of amides is 1. The zero-order valence-corrected chi connectivity index (χ0v) is 14.3. The van der Waals surface area contributed by atoms with Crippen LogP contribution >= 0.6 is 0 Å². The van der Waals surface area contributed by atoms with Gasteiger partial charge in [-0.2, -0.15) is 0 Å². The number of benzene rings is 1. The number of piperidine rings is 1. The molecule has 1 fully saturated rings. The van der Waals surface area contributed by atoms with E-state index in [0.717, 1.165) is 17.5 Å². The van der Waals surface area contributed by atoms with Gasteiger partial charge in [-0.15, -0.1) is 0 Å². The van der Waals surface area contributed by atoms with E-state index in [2.05, 4.69) is 5.16 Å². The number of pyridine rings is 1. The van der Waals surface area contributed by atoms with Crippen LogP contribution in [0.2, 0.25) is 0 Å². The van der Waals surface area contributed by atoms with Crippen molar-refractivity contribution in [3.8, 4) is 0 Å². The van der Waals surface area contributed by atoms with Gasteiger partial charge in [0, 0.05) is 42.7 Å². The predicted octanol–water partition coefficient (Wildman–Crippen LogP) is 2.18. The lowest BCUT2D eigenvalue weighted by atomic mass is 9.83. The number of aromatic nitrogens is 2. The van der Waals surface area contributed by atoms with Gasteiger partial charge in [-0.1, -0.05) is 23.4 Å². The molecule has 0 unspecified atom stereocenters. The summed E-state index contributed by atoms with van der Waals surface area (Å²) in [6, 6.07) is 13.1. The van der Waals surface area contributed by atoms with Gasteiger partial charge < -0.3 is 14.0 Å². The Morgan fingerprint density at radius 3 is 2.92 bits per heavy atom. The van der Waals surface area contributed by atoms with E-state index in [-0.39, 0.29) is 23.8 Å². The van der Waals surface area contributed by atoms with Crippen LogP contribution in [-0.4, -0.2) is 33.6 Å². The number of para-hydroxylation sites is 1. The van der Waals surface area contributed by atoms with Crippen LogP contribution in [0.1, 0.15) is 23.7 Å². The smallest absolute Gasteiger partial charge is 0.250 e. The molecular formula is C20H19N3O3. The Balaban J connectivity index is 1.39. The van der Waals surface area contributed by atoms with Crippen molar-refractivity contribution < 1.29 is 9.32 Å². The van der Waals surface area contributed by atoms with Crippen molar-refractivity contribution in [2.45, 2.75) is 25.3 Å². The fourth-order valence-electron chi connectivity index (χ4n) is 4.42. The van der Waals surface area contributed by atoms with E-state index in [1.54, 1.807) is 6.07 Å². The Bertz CT molecular complexity index is 1050. The monoisotopic (exact) mass is 349 g/mol. The van der Waals surface area contributed by atoms with Crippen molar-refractivity contribution in [1.29, 1.82) is 0 Å². The number of carbonyl (C=O) groups is 1. The van der Waals surface area contributed by atoms with Crippen LogP contribution in [-0.2, 0) is 17.8 Å². The second-order valence-corrected chi connectivity index (χ2v) is 7.30. The molecule has 2 aliphatic rings. The van der Waals surface area contributed by atoms with Crippen molar-refractivity contribution in [1.82, 2.24) is 14.6 Å². The summed E-state index contributed by atoms with van der Waals surface area (Å²) in [4.78, 5) is 26.9. The number of likely N-dealkylation sites (tertiary alicyclic amines) is 1. The molecule has 0 N–H and O–H groups in total. The van der Waals surface area contributed by atoms with E-state index < -0.39 is 0 Å². The number of hydrogen-bond acceptors (Lipinski definition) is 4. The van der Waals surface area contributed by atoms with Gasteiger partial charge in [-0.05, 0) is 30.5 Å². The topological polar surface area (TPSA) is 68.3 Å². The molecule has 1 saturated heterocycles. The average Bonchev–Trinajstić information content (AvgIpc) is 3.05. The molecule has 0 saturated carbocycles. The first-order chi connectivity index (χ1) is 12.7. The quantitative estimate of drug-likeness (QED) is 0.711. The van der Waals surface area contributed by atoms with Crippen LogP contribution in [0.4, 0.5) is 0 Å². The van der Waals surface area contributed by atoms with Crippen LogP contribution < -0.4 is 5.56 Å². The van der Waals surface area contributed by atoms with Crippen LogP contribution in [0.25, 0.3) is 11.0 Å². The second kappa shape index (κ2) is 5.83. The summed E-state index contributed by atoms with van der Waals surface area (Å²) in [5.41, 5.74) is 2.52. The molecule has 2 bridgehead atoms. The maximum atomic E-state index is 12.9. The van der Waals surface area contributed by atoms with Crippen LogP contribution in [0.15, 0.2) is 51.8 Å². The highest BCUT2D eigenvalue weighted by molar-refractivity contribution is 5.86. The van der Waals surface area contributed by atoms with E-state index in [9.17, 15) is 9.59 Å². The van der Waals surface area contributed by atoms with Crippen LogP contribution in [0, 0.1) is 5.92 Å². The zero-order chi connectivity index (χ0) is 17.7. The average molecular weight is 349 g/mol. The number of carbonyl (C=O) groups excluding carboxylic acids is 1. The lowest BCUT2D eigenvalue weighted by Crippen LogP contribution is -2.49. The highest BCUT2D eigenvalue weighted by atomic mass is 16.5. The van der Waals surface area contributed by atoms with Crippen molar-refractivity contribution >= 4 is 16.9 Å². The molecule has 26 heavy (non-hydrogen) atoms. The number of rotatable bonds is 2. The molecule has 1 aromatic carbocycles. The summed E-state index contributed by atoms with van der Waals surface area (Å²) < 4.78 is 7.19. The third kappa shape index (κ3) is 2.44. The molecule has 132 valence electrons. The SMILES string of the molecule is O=C(Cc1noc2ccccc12)N1C[C@@H]2C[C@@H](C1)c1cccc(=O)n1C2. The lowest BCUT2D eigenvalue weighted by molar-refractivity contribution is -0.133. The second-order valence-electron chi connectivity index (χ2n) is 7.30. The van der Waals surface area contributed by atoms with Crippen LogP contribution in [0.3, 0.4) is 0 Å². The van der Waals surface area contributed by atoms with Crippen LogP contribution in [0.5, 0.6) is 0 Å². The van der Waals surface area contributed by atoms with Gasteiger partial charge in [-0.25, -0.2) is 0 Å². The van der Waals surface area contributed by atoms with Crippen molar-refractivity contribution in [2.75, 3.05) is 13.1 Å². The van der Waals surface area contributed by atoms with E-state index in [1.165, 1.54) is 0 Å². The molecule has 0 spiro atoms. The fraction of sp³-hybridized carbons (Fsp3) is 0.350. The molecule has 6 heteroatoms. The first kappa shape index (κ1) is 15.4. The molecule has 2 aliphatic heterocycles. The largest absolute Gasteiger partial charge is 0.356 e. The number of hydrogen-bond donors (Lipinski definition) is 0. The van der Waals surface area contributed by atoms with Gasteiger partial charge in [0.15, 0.2) is 5.58 Å². The third-order valence-corrected chi connectivity index (χ3v) is 5.60. The molecule has 0 aliphatic carbocycles. The van der Waals surface area contributed by atoms with E-state index in [4.69, 9.17) is 4.52 Å². The van der Waals surface area contributed by atoms with Crippen molar-refractivity contribution in [3.63, 3.8) is 0 Å². The first-order valence-electron chi connectivity index (χ1n) is 9.00. The van der Waals surface area contributed by atoms with Gasteiger partial charge in [0.25, 0.3) is 5.56 Å². The Kier molecular flexibility index (Phi) is 3.45. The Hall–Kier alpha value is -2.89. The lowest BCUT2D eigenvalue weighted by Gasteiger charge is -2.42. The maximum absolute atomic E-state index is 12.9. The van der Waals surface area contributed by atoms with Gasteiger partial charge in [-0.3, -0.25) is 9.59 Å². The Labute approximate surface area is 150 Å². The van der Waals surface area contributed by atoms with Gasteiger partial charge in [0.05, 0.1) is 6.42 Å². The minimum Gasteiger partial charge on any atom is -0.356 e. The third-order valence-electron chi connectivity index (χ3n) is 5.60. The van der Waals surface area contributed by atoms with E-state index >= 15 is 0 Å². The highest BCUT2D eigenvalue weighted by Gasteiger charge is 2.36. The van der Waals surface area contributed by atoms with Gasteiger partial charge in [0.2, 0.25) is 5.91 Å². The molecule has 4 heterocycles. The molecule has 5 rings (SSSR count). The number of nitrogens with zero attached hydrogens (tertiary/aromatic N) is 3. The van der Waals surface area contributed by atoms with Gasteiger partial charge >= 0.3 is 0 Å². The van der Waals surface area contributed by atoms with E-state index in [0.29, 0.717) is 36.8 Å². The maximum Gasteiger partial charge on any atom is 0.250 e. The summed E-state index contributed by atoms with van der Waals surface area (Å²) in [6.45, 7) is 2.06. The zero-order valence-electron chi connectivity index (χ0n) is 14.3. The molecule has 3 aromatic rings. The fourth-order valence-corrected chi connectivity index (χ4v) is 4.42. The van der Waals surface area contributed by atoms with E-state index in [1.807, 2.05) is 45.9 Å². The summed E-state index contributed by atoms with van der Waals surface area (Å²) >= 11 is 0. The van der Waals surface area contributed by atoms with Gasteiger partial charge in [0.1, 0.15) is 5.69 Å². The highest BCUT2D eigenvalue weighted by Crippen LogP contribution is 2.35. The molecule has 2 aromatic heterocycles. The summed E-state index contributed by atoms with van der Waals surface area (Å²) in [6.07, 6.45) is 1.29. The molecule has 1 amide bonds. The molecule has 0 radical (unpaired) electrons. The molecular weight excluding hydrogens is 330 g/mol. The first-order valence-corrected chi connectivity index (χ1v) is 9.00.